The molecule has 31 heavy (non-hydrogen) atoms. The van der Waals surface area contributed by atoms with E-state index in [4.69, 9.17) is 19.1 Å². The van der Waals surface area contributed by atoms with E-state index in [1.807, 2.05) is 54.6 Å². The van der Waals surface area contributed by atoms with E-state index >= 15 is 0 Å². The Morgan fingerprint density at radius 2 is 1.84 bits per heavy atom. The Bertz CT molecular complexity index is 1140. The van der Waals surface area contributed by atoms with Gasteiger partial charge in [-0.05, 0) is 24.0 Å². The molecule has 1 N–H and O–H groups in total. The van der Waals surface area contributed by atoms with Gasteiger partial charge in [-0.1, -0.05) is 62.4 Å². The number of oxazole rings is 1. The Balaban J connectivity index is 1.62. The summed E-state index contributed by atoms with van der Waals surface area (Å²) in [6.07, 6.45) is 3.15. The van der Waals surface area contributed by atoms with Gasteiger partial charge in [-0.15, -0.1) is 0 Å². The molecule has 0 radical (unpaired) electrons. The number of amides is 1. The largest absolute Gasteiger partial charge is 0.445 e. The van der Waals surface area contributed by atoms with Crippen LogP contribution in [0, 0.1) is 5.92 Å². The van der Waals surface area contributed by atoms with Gasteiger partial charge in [0, 0.05) is 5.39 Å². The predicted molar refractivity (Wildman–Crippen MR) is 117 cm³/mol. The molecule has 0 spiro atoms. The number of carbonyl (C=O) groups excluding carboxylic acids is 1. The fourth-order valence-electron chi connectivity index (χ4n) is 3.38. The lowest BCUT2D eigenvalue weighted by Gasteiger charge is -2.20. The van der Waals surface area contributed by atoms with Gasteiger partial charge in [0.1, 0.15) is 12.3 Å². The van der Waals surface area contributed by atoms with E-state index in [2.05, 4.69) is 24.1 Å². The van der Waals surface area contributed by atoms with Crippen molar-refractivity contribution in [2.75, 3.05) is 0 Å². The number of fused-ring (bicyclic) bond motifs is 1. The van der Waals surface area contributed by atoms with Gasteiger partial charge in [0.25, 0.3) is 0 Å². The molecule has 7 nitrogen and oxygen atoms in total. The summed E-state index contributed by atoms with van der Waals surface area (Å²) in [4.78, 5) is 26.0. The van der Waals surface area contributed by atoms with Crippen molar-refractivity contribution in [3.05, 3.63) is 78.6 Å². The molecular weight excluding hydrogens is 392 g/mol. The van der Waals surface area contributed by atoms with Crippen molar-refractivity contribution in [2.45, 2.75) is 32.9 Å². The van der Waals surface area contributed by atoms with Crippen LogP contribution in [0.15, 0.2) is 71.6 Å². The zero-order valence-electron chi connectivity index (χ0n) is 17.5. The van der Waals surface area contributed by atoms with Gasteiger partial charge in [-0.2, -0.15) is 0 Å². The molecule has 1 atom stereocenters. The summed E-state index contributed by atoms with van der Waals surface area (Å²) in [5, 5.41) is 3.80. The van der Waals surface area contributed by atoms with Gasteiger partial charge < -0.3 is 14.5 Å². The molecule has 0 aliphatic heterocycles. The Hall–Kier alpha value is -3.74. The molecule has 4 aromatic rings. The molecule has 0 aliphatic carbocycles. The molecule has 0 saturated carbocycles. The number of hydrogen-bond donors (Lipinski definition) is 1. The summed E-state index contributed by atoms with van der Waals surface area (Å²) in [5.41, 5.74) is 2.34. The van der Waals surface area contributed by atoms with Gasteiger partial charge in [0.05, 0.1) is 17.8 Å². The standard InChI is InChI=1S/C24H24N4O3/c1-16(2)12-20(27-24(29)30-14-17-8-4-3-5-9-17)23-26-19-11-7-6-10-18(19)22(28-23)21-13-25-15-31-21/h3-11,13,15-16,20H,12,14H2,1-2H3,(H,27,29). The fourth-order valence-corrected chi connectivity index (χ4v) is 3.38. The summed E-state index contributed by atoms with van der Waals surface area (Å²) in [6.45, 7) is 4.37. The van der Waals surface area contributed by atoms with Crippen LogP contribution in [0.5, 0.6) is 0 Å². The molecule has 4 rings (SSSR count). The summed E-state index contributed by atoms with van der Waals surface area (Å²) in [7, 11) is 0. The van der Waals surface area contributed by atoms with Crippen LogP contribution in [0.4, 0.5) is 4.79 Å². The maximum atomic E-state index is 12.5. The summed E-state index contributed by atoms with van der Waals surface area (Å²) >= 11 is 0. The molecule has 158 valence electrons. The van der Waals surface area contributed by atoms with Gasteiger partial charge in [0.15, 0.2) is 18.0 Å². The Kier molecular flexibility index (Phi) is 6.21. The number of hydrogen-bond acceptors (Lipinski definition) is 6. The summed E-state index contributed by atoms with van der Waals surface area (Å²) < 4.78 is 10.9. The third kappa shape index (κ3) is 5.06. The highest BCUT2D eigenvalue weighted by Gasteiger charge is 2.22. The van der Waals surface area contributed by atoms with Gasteiger partial charge in [-0.25, -0.2) is 19.7 Å². The molecule has 0 saturated heterocycles. The van der Waals surface area contributed by atoms with Crippen molar-refractivity contribution in [1.82, 2.24) is 20.3 Å². The summed E-state index contributed by atoms with van der Waals surface area (Å²) in [6, 6.07) is 16.9. The lowest BCUT2D eigenvalue weighted by Crippen LogP contribution is -2.31. The van der Waals surface area contributed by atoms with Crippen molar-refractivity contribution in [1.29, 1.82) is 0 Å². The van der Waals surface area contributed by atoms with Crippen LogP contribution >= 0.6 is 0 Å². The van der Waals surface area contributed by atoms with Crippen LogP contribution in [0.1, 0.15) is 37.7 Å². The monoisotopic (exact) mass is 416 g/mol. The van der Waals surface area contributed by atoms with E-state index in [0.29, 0.717) is 29.6 Å². The topological polar surface area (TPSA) is 90.1 Å². The number of aromatic nitrogens is 3. The van der Waals surface area contributed by atoms with Crippen LogP contribution in [0.2, 0.25) is 0 Å². The third-order valence-corrected chi connectivity index (χ3v) is 4.81. The molecule has 7 heteroatoms. The quantitative estimate of drug-likeness (QED) is 0.440. The first-order valence-corrected chi connectivity index (χ1v) is 10.2. The van der Waals surface area contributed by atoms with E-state index < -0.39 is 12.1 Å². The van der Waals surface area contributed by atoms with Gasteiger partial charge in [-0.3, -0.25) is 0 Å². The number of nitrogens with one attached hydrogen (secondary N) is 1. The zero-order valence-corrected chi connectivity index (χ0v) is 17.5. The van der Waals surface area contributed by atoms with Crippen molar-refractivity contribution in [3.63, 3.8) is 0 Å². The maximum Gasteiger partial charge on any atom is 0.408 e. The fraction of sp³-hybridized carbons (Fsp3) is 0.250. The minimum absolute atomic E-state index is 0.197. The normalized spacial score (nSPS) is 12.1. The number of para-hydroxylation sites is 1. The average molecular weight is 416 g/mol. The zero-order chi connectivity index (χ0) is 21.6. The van der Waals surface area contributed by atoms with Crippen LogP contribution < -0.4 is 5.32 Å². The molecule has 2 aromatic carbocycles. The second-order valence-electron chi connectivity index (χ2n) is 7.70. The first-order chi connectivity index (χ1) is 15.1. The average Bonchev–Trinajstić information content (AvgIpc) is 3.32. The first kappa shape index (κ1) is 20.5. The minimum atomic E-state index is -0.507. The number of alkyl carbamates (subject to hydrolysis) is 1. The van der Waals surface area contributed by atoms with Crippen molar-refractivity contribution in [2.24, 2.45) is 5.92 Å². The Morgan fingerprint density at radius 1 is 1.06 bits per heavy atom. The van der Waals surface area contributed by atoms with E-state index in [0.717, 1.165) is 16.5 Å². The van der Waals surface area contributed by atoms with Crippen molar-refractivity contribution >= 4 is 17.0 Å². The predicted octanol–water partition coefficient (Wildman–Crippen LogP) is 5.30. The van der Waals surface area contributed by atoms with E-state index in [-0.39, 0.29) is 6.61 Å². The molecule has 1 amide bonds. The Labute approximate surface area is 180 Å². The Morgan fingerprint density at radius 3 is 2.58 bits per heavy atom. The van der Waals surface area contributed by atoms with E-state index in [9.17, 15) is 4.79 Å². The summed E-state index contributed by atoms with van der Waals surface area (Å²) in [5.74, 6) is 1.37. The highest BCUT2D eigenvalue weighted by molar-refractivity contribution is 5.90. The highest BCUT2D eigenvalue weighted by Crippen LogP contribution is 2.28. The minimum Gasteiger partial charge on any atom is -0.445 e. The highest BCUT2D eigenvalue weighted by atomic mass is 16.5. The smallest absolute Gasteiger partial charge is 0.408 e. The molecule has 1 unspecified atom stereocenters. The molecule has 2 aromatic heterocycles. The second kappa shape index (κ2) is 9.38. The van der Waals surface area contributed by atoms with Gasteiger partial charge in [0.2, 0.25) is 0 Å². The van der Waals surface area contributed by atoms with Crippen LogP contribution in [-0.2, 0) is 11.3 Å². The lowest BCUT2D eigenvalue weighted by molar-refractivity contribution is 0.133. The van der Waals surface area contributed by atoms with Crippen molar-refractivity contribution < 1.29 is 13.9 Å². The SMILES string of the molecule is CC(C)CC(NC(=O)OCc1ccccc1)c1nc(-c2cnco2)c2ccccc2n1. The molecule has 0 bridgehead atoms. The number of carbonyl (C=O) groups is 1. The number of ether oxygens (including phenoxy) is 1. The molecular formula is C24H24N4O3. The van der Waals surface area contributed by atoms with Crippen LogP contribution in [0.25, 0.3) is 22.4 Å². The number of benzene rings is 2. The van der Waals surface area contributed by atoms with E-state index in [1.165, 1.54) is 6.39 Å². The lowest BCUT2D eigenvalue weighted by atomic mass is 10.0. The molecule has 0 aliphatic rings. The third-order valence-electron chi connectivity index (χ3n) is 4.81. The van der Waals surface area contributed by atoms with Gasteiger partial charge >= 0.3 is 6.09 Å². The van der Waals surface area contributed by atoms with Crippen molar-refractivity contribution in [3.8, 4) is 11.5 Å². The number of rotatable bonds is 7. The second-order valence-corrected chi connectivity index (χ2v) is 7.70. The van der Waals surface area contributed by atoms with Crippen LogP contribution in [-0.4, -0.2) is 21.0 Å². The molecule has 0 fully saturated rings. The van der Waals surface area contributed by atoms with Crippen LogP contribution in [0.3, 0.4) is 0 Å². The maximum absolute atomic E-state index is 12.5. The number of nitrogens with zero attached hydrogens (tertiary/aromatic N) is 3. The first-order valence-electron chi connectivity index (χ1n) is 10.2. The van der Waals surface area contributed by atoms with E-state index in [1.54, 1.807) is 6.20 Å². The molecule has 2 heterocycles.